The van der Waals surface area contributed by atoms with E-state index in [0.717, 1.165) is 29.4 Å². The van der Waals surface area contributed by atoms with Crippen molar-refractivity contribution in [2.75, 3.05) is 5.32 Å². The highest BCUT2D eigenvalue weighted by molar-refractivity contribution is 5.92. The van der Waals surface area contributed by atoms with Gasteiger partial charge >= 0.3 is 6.03 Å². The smallest absolute Gasteiger partial charge is 0.319 e. The molecule has 3 N–H and O–H groups in total. The molecule has 0 atom stereocenters. The first-order chi connectivity index (χ1) is 9.31. The van der Waals surface area contributed by atoms with E-state index in [1.165, 1.54) is 19.3 Å². The van der Waals surface area contributed by atoms with Crippen LogP contribution >= 0.6 is 0 Å². The first kappa shape index (κ1) is 12.1. The van der Waals surface area contributed by atoms with Gasteiger partial charge < -0.3 is 15.6 Å². The Kier molecular flexibility index (Phi) is 3.40. The van der Waals surface area contributed by atoms with Gasteiger partial charge in [0.05, 0.1) is 0 Å². The summed E-state index contributed by atoms with van der Waals surface area (Å²) in [5.74, 6) is 0. The molecule has 0 aliphatic heterocycles. The van der Waals surface area contributed by atoms with Crippen LogP contribution < -0.4 is 10.6 Å². The standard InChI is InChI=1S/C15H19N3O/c19-15(17-12-4-2-1-3-5-12)18-13-7-6-11-8-9-16-14(11)10-13/h6-10,12,16H,1-5H2,(H2,17,18,19). The molecule has 19 heavy (non-hydrogen) atoms. The summed E-state index contributed by atoms with van der Waals surface area (Å²) in [5.41, 5.74) is 1.86. The van der Waals surface area contributed by atoms with Gasteiger partial charge in [0.15, 0.2) is 0 Å². The molecule has 2 aromatic rings. The lowest BCUT2D eigenvalue weighted by Gasteiger charge is -2.22. The predicted molar refractivity (Wildman–Crippen MR) is 77.3 cm³/mol. The number of benzene rings is 1. The van der Waals surface area contributed by atoms with Gasteiger partial charge in [0.25, 0.3) is 0 Å². The van der Waals surface area contributed by atoms with E-state index in [4.69, 9.17) is 0 Å². The zero-order valence-electron chi connectivity index (χ0n) is 10.9. The number of hydrogen-bond acceptors (Lipinski definition) is 1. The third-order valence-electron chi connectivity index (χ3n) is 3.75. The molecule has 0 saturated heterocycles. The Morgan fingerprint density at radius 1 is 1.16 bits per heavy atom. The van der Waals surface area contributed by atoms with Crippen molar-refractivity contribution < 1.29 is 4.79 Å². The third kappa shape index (κ3) is 2.89. The first-order valence-electron chi connectivity index (χ1n) is 6.96. The van der Waals surface area contributed by atoms with Crippen LogP contribution in [-0.4, -0.2) is 17.1 Å². The van der Waals surface area contributed by atoms with Gasteiger partial charge in [0.1, 0.15) is 0 Å². The number of anilines is 1. The van der Waals surface area contributed by atoms with Crippen molar-refractivity contribution in [1.29, 1.82) is 0 Å². The van der Waals surface area contributed by atoms with Crippen molar-refractivity contribution >= 4 is 22.6 Å². The second-order valence-corrected chi connectivity index (χ2v) is 5.21. The Morgan fingerprint density at radius 2 is 2.00 bits per heavy atom. The summed E-state index contributed by atoms with van der Waals surface area (Å²) in [6, 6.07) is 8.14. The Morgan fingerprint density at radius 3 is 2.84 bits per heavy atom. The van der Waals surface area contributed by atoms with E-state index in [0.29, 0.717) is 6.04 Å². The summed E-state index contributed by atoms with van der Waals surface area (Å²) in [5, 5.41) is 7.10. The van der Waals surface area contributed by atoms with Gasteiger partial charge in [-0.1, -0.05) is 25.3 Å². The molecule has 0 spiro atoms. The molecule has 1 saturated carbocycles. The van der Waals surface area contributed by atoms with E-state index < -0.39 is 0 Å². The van der Waals surface area contributed by atoms with Crippen LogP contribution in [0.5, 0.6) is 0 Å². The van der Waals surface area contributed by atoms with Gasteiger partial charge in [0.2, 0.25) is 0 Å². The summed E-state index contributed by atoms with van der Waals surface area (Å²) in [6.45, 7) is 0. The average Bonchev–Trinajstić information content (AvgIpc) is 2.87. The lowest BCUT2D eigenvalue weighted by Crippen LogP contribution is -2.38. The van der Waals surface area contributed by atoms with Crippen LogP contribution in [0.25, 0.3) is 10.9 Å². The Balaban J connectivity index is 1.61. The molecule has 1 heterocycles. The molecular weight excluding hydrogens is 238 g/mol. The van der Waals surface area contributed by atoms with Crippen molar-refractivity contribution in [3.05, 3.63) is 30.5 Å². The van der Waals surface area contributed by atoms with Crippen molar-refractivity contribution in [2.24, 2.45) is 0 Å². The predicted octanol–water partition coefficient (Wildman–Crippen LogP) is 3.62. The highest BCUT2D eigenvalue weighted by Crippen LogP contribution is 2.19. The maximum absolute atomic E-state index is 11.9. The molecule has 1 aliphatic rings. The van der Waals surface area contributed by atoms with Crippen LogP contribution in [0.2, 0.25) is 0 Å². The largest absolute Gasteiger partial charge is 0.361 e. The van der Waals surface area contributed by atoms with Crippen LogP contribution in [0, 0.1) is 0 Å². The minimum absolute atomic E-state index is 0.0993. The maximum atomic E-state index is 11.9. The van der Waals surface area contributed by atoms with Crippen LogP contribution in [0.4, 0.5) is 10.5 Å². The lowest BCUT2D eigenvalue weighted by molar-refractivity contribution is 0.244. The average molecular weight is 257 g/mol. The van der Waals surface area contributed by atoms with Crippen molar-refractivity contribution in [3.8, 4) is 0 Å². The summed E-state index contributed by atoms with van der Waals surface area (Å²) in [6.07, 6.45) is 7.84. The topological polar surface area (TPSA) is 56.9 Å². The number of aromatic amines is 1. The zero-order valence-corrected chi connectivity index (χ0v) is 10.9. The number of amides is 2. The first-order valence-corrected chi connectivity index (χ1v) is 6.96. The molecule has 4 heteroatoms. The van der Waals surface area contributed by atoms with Crippen LogP contribution in [0.1, 0.15) is 32.1 Å². The molecule has 1 aliphatic carbocycles. The molecule has 100 valence electrons. The quantitative estimate of drug-likeness (QED) is 0.756. The number of hydrogen-bond donors (Lipinski definition) is 3. The van der Waals surface area contributed by atoms with E-state index in [9.17, 15) is 4.79 Å². The summed E-state index contributed by atoms with van der Waals surface area (Å²) in [4.78, 5) is 15.1. The minimum Gasteiger partial charge on any atom is -0.361 e. The van der Waals surface area contributed by atoms with Crippen LogP contribution in [0.3, 0.4) is 0 Å². The number of carbonyl (C=O) groups excluding carboxylic acids is 1. The van der Waals surface area contributed by atoms with E-state index in [-0.39, 0.29) is 6.03 Å². The molecule has 1 aromatic carbocycles. The molecule has 1 aromatic heterocycles. The monoisotopic (exact) mass is 257 g/mol. The lowest BCUT2D eigenvalue weighted by atomic mass is 9.96. The van der Waals surface area contributed by atoms with Crippen LogP contribution in [0.15, 0.2) is 30.5 Å². The fraction of sp³-hybridized carbons (Fsp3) is 0.400. The van der Waals surface area contributed by atoms with E-state index >= 15 is 0 Å². The summed E-state index contributed by atoms with van der Waals surface area (Å²) < 4.78 is 0. The summed E-state index contributed by atoms with van der Waals surface area (Å²) >= 11 is 0. The van der Waals surface area contributed by atoms with Gasteiger partial charge in [-0.3, -0.25) is 0 Å². The minimum atomic E-state index is -0.0993. The number of aromatic nitrogens is 1. The Hall–Kier alpha value is -1.97. The van der Waals surface area contributed by atoms with Gasteiger partial charge in [0, 0.05) is 23.4 Å². The number of carbonyl (C=O) groups is 1. The zero-order chi connectivity index (χ0) is 13.1. The Labute approximate surface area is 112 Å². The highest BCUT2D eigenvalue weighted by Gasteiger charge is 2.15. The van der Waals surface area contributed by atoms with Gasteiger partial charge in [-0.05, 0) is 36.4 Å². The Bertz CT molecular complexity index is 570. The van der Waals surface area contributed by atoms with Crippen molar-refractivity contribution in [1.82, 2.24) is 10.3 Å². The molecule has 0 radical (unpaired) electrons. The number of nitrogens with one attached hydrogen (secondary N) is 3. The molecule has 0 unspecified atom stereocenters. The van der Waals surface area contributed by atoms with Gasteiger partial charge in [-0.25, -0.2) is 4.79 Å². The maximum Gasteiger partial charge on any atom is 0.319 e. The fourth-order valence-electron chi connectivity index (χ4n) is 2.73. The van der Waals surface area contributed by atoms with E-state index in [1.807, 2.05) is 30.5 Å². The van der Waals surface area contributed by atoms with E-state index in [1.54, 1.807) is 0 Å². The normalized spacial score (nSPS) is 16.4. The molecular formula is C15H19N3O. The molecule has 2 amide bonds. The van der Waals surface area contributed by atoms with Crippen LogP contribution in [-0.2, 0) is 0 Å². The number of fused-ring (bicyclic) bond motifs is 1. The number of urea groups is 1. The van der Waals surface area contributed by atoms with Gasteiger partial charge in [-0.15, -0.1) is 0 Å². The van der Waals surface area contributed by atoms with E-state index in [2.05, 4.69) is 15.6 Å². The van der Waals surface area contributed by atoms with Crippen molar-refractivity contribution in [3.63, 3.8) is 0 Å². The molecule has 3 rings (SSSR count). The molecule has 1 fully saturated rings. The fourth-order valence-corrected chi connectivity index (χ4v) is 2.73. The second kappa shape index (κ2) is 5.34. The highest BCUT2D eigenvalue weighted by atomic mass is 16.2. The second-order valence-electron chi connectivity index (χ2n) is 5.21. The summed E-state index contributed by atoms with van der Waals surface area (Å²) in [7, 11) is 0. The number of rotatable bonds is 2. The molecule has 4 nitrogen and oxygen atoms in total. The number of H-pyrrole nitrogens is 1. The third-order valence-corrected chi connectivity index (χ3v) is 3.75. The molecule has 0 bridgehead atoms. The van der Waals surface area contributed by atoms with Gasteiger partial charge in [-0.2, -0.15) is 0 Å². The van der Waals surface area contributed by atoms with Crippen molar-refractivity contribution in [2.45, 2.75) is 38.1 Å². The SMILES string of the molecule is O=C(Nc1ccc2cc[nH]c2c1)NC1CCCCC1.